The van der Waals surface area contributed by atoms with E-state index in [-0.39, 0.29) is 5.95 Å². The lowest BCUT2D eigenvalue weighted by atomic mass is 10.2. The van der Waals surface area contributed by atoms with E-state index in [1.807, 2.05) is 52.8 Å². The smallest absolute Gasteiger partial charge is 0.222 e. The molecule has 0 amide bonds. The lowest BCUT2D eigenvalue weighted by Crippen LogP contribution is -2.00. The third-order valence-corrected chi connectivity index (χ3v) is 1.90. The first kappa shape index (κ1) is 15.2. The first-order chi connectivity index (χ1) is 8.16. The van der Waals surface area contributed by atoms with Gasteiger partial charge in [-0.2, -0.15) is 4.98 Å². The van der Waals surface area contributed by atoms with E-state index in [1.165, 1.54) is 0 Å². The molecule has 0 aliphatic carbocycles. The minimum absolute atomic E-state index is 0.218. The standard InChI is InChI=1S/C9H10N4.2C2H6/c1-5-2-3-6-7(4-5)12-9(11)13-8(6)10;2*1-2/h2-4H,1H3,(H4,10,11,12,13);2*1-2H3. The number of nitrogen functional groups attached to an aromatic ring is 2. The third-order valence-electron chi connectivity index (χ3n) is 1.90. The molecular formula is C13H22N4. The first-order valence-corrected chi connectivity index (χ1v) is 5.96. The summed E-state index contributed by atoms with van der Waals surface area (Å²) in [6.45, 7) is 9.99. The average molecular weight is 234 g/mol. The van der Waals surface area contributed by atoms with Crippen LogP contribution >= 0.6 is 0 Å². The van der Waals surface area contributed by atoms with Crippen molar-refractivity contribution in [2.75, 3.05) is 11.5 Å². The molecule has 17 heavy (non-hydrogen) atoms. The Morgan fingerprint density at radius 3 is 2.12 bits per heavy atom. The molecule has 4 heteroatoms. The third kappa shape index (κ3) is 3.90. The van der Waals surface area contributed by atoms with E-state index in [0.717, 1.165) is 16.5 Å². The highest BCUT2D eigenvalue weighted by Crippen LogP contribution is 2.19. The van der Waals surface area contributed by atoms with Gasteiger partial charge in [0.15, 0.2) is 0 Å². The van der Waals surface area contributed by atoms with Crippen LogP contribution in [0.4, 0.5) is 11.8 Å². The number of nitrogens with two attached hydrogens (primary N) is 2. The fourth-order valence-corrected chi connectivity index (χ4v) is 1.28. The van der Waals surface area contributed by atoms with Gasteiger partial charge in [-0.15, -0.1) is 0 Å². The number of benzene rings is 1. The molecule has 2 aromatic rings. The zero-order valence-corrected chi connectivity index (χ0v) is 11.3. The fraction of sp³-hybridized carbons (Fsp3) is 0.385. The largest absolute Gasteiger partial charge is 0.383 e. The van der Waals surface area contributed by atoms with E-state index in [0.29, 0.717) is 5.82 Å². The van der Waals surface area contributed by atoms with Crippen LogP contribution in [0.1, 0.15) is 33.3 Å². The summed E-state index contributed by atoms with van der Waals surface area (Å²) < 4.78 is 0. The predicted octanol–water partition coefficient (Wildman–Crippen LogP) is 3.16. The second-order valence-corrected chi connectivity index (χ2v) is 2.99. The Labute approximate surface area is 103 Å². The summed E-state index contributed by atoms with van der Waals surface area (Å²) in [4.78, 5) is 7.96. The molecule has 1 aromatic heterocycles. The monoisotopic (exact) mass is 234 g/mol. The Hall–Kier alpha value is -1.84. The number of fused-ring (bicyclic) bond motifs is 1. The lowest BCUT2D eigenvalue weighted by Gasteiger charge is -2.02. The maximum absolute atomic E-state index is 5.68. The SMILES string of the molecule is CC.CC.Cc1ccc2c(N)nc(N)nc2c1. The second-order valence-electron chi connectivity index (χ2n) is 2.99. The van der Waals surface area contributed by atoms with Crippen molar-refractivity contribution in [3.05, 3.63) is 23.8 Å². The van der Waals surface area contributed by atoms with Crippen LogP contribution in [-0.2, 0) is 0 Å². The van der Waals surface area contributed by atoms with Crippen molar-refractivity contribution in [2.24, 2.45) is 0 Å². The van der Waals surface area contributed by atoms with Crippen molar-refractivity contribution >= 4 is 22.7 Å². The molecule has 4 nitrogen and oxygen atoms in total. The zero-order chi connectivity index (χ0) is 13.4. The van der Waals surface area contributed by atoms with Gasteiger partial charge in [0.1, 0.15) is 5.82 Å². The maximum atomic E-state index is 5.68. The Morgan fingerprint density at radius 2 is 1.53 bits per heavy atom. The van der Waals surface area contributed by atoms with Gasteiger partial charge in [-0.05, 0) is 24.6 Å². The molecule has 0 aliphatic rings. The molecule has 0 saturated carbocycles. The molecule has 0 aliphatic heterocycles. The number of aryl methyl sites for hydroxylation is 1. The Bertz CT molecular complexity index is 461. The van der Waals surface area contributed by atoms with Crippen LogP contribution < -0.4 is 11.5 Å². The minimum Gasteiger partial charge on any atom is -0.383 e. The van der Waals surface area contributed by atoms with Crippen molar-refractivity contribution in [3.8, 4) is 0 Å². The molecule has 0 bridgehead atoms. The molecule has 0 saturated heterocycles. The number of hydrogen-bond donors (Lipinski definition) is 2. The van der Waals surface area contributed by atoms with Crippen molar-refractivity contribution < 1.29 is 0 Å². The van der Waals surface area contributed by atoms with Crippen molar-refractivity contribution in [1.29, 1.82) is 0 Å². The molecule has 2 rings (SSSR count). The summed E-state index contributed by atoms with van der Waals surface area (Å²) >= 11 is 0. The summed E-state index contributed by atoms with van der Waals surface area (Å²) in [5.74, 6) is 0.651. The Balaban J connectivity index is 0.000000581. The van der Waals surface area contributed by atoms with Gasteiger partial charge >= 0.3 is 0 Å². The summed E-state index contributed by atoms with van der Waals surface area (Å²) in [6, 6.07) is 5.81. The van der Waals surface area contributed by atoms with Gasteiger partial charge in [-0.1, -0.05) is 33.8 Å². The second kappa shape index (κ2) is 7.44. The zero-order valence-electron chi connectivity index (χ0n) is 11.3. The first-order valence-electron chi connectivity index (χ1n) is 5.96. The van der Waals surface area contributed by atoms with Gasteiger partial charge in [0.05, 0.1) is 5.52 Å². The van der Waals surface area contributed by atoms with Crippen LogP contribution in [0.3, 0.4) is 0 Å². The Kier molecular flexibility index (Phi) is 6.63. The molecule has 1 heterocycles. The predicted molar refractivity (Wildman–Crippen MR) is 75.8 cm³/mol. The average Bonchev–Trinajstić information content (AvgIpc) is 2.33. The van der Waals surface area contributed by atoms with Crippen LogP contribution in [0.15, 0.2) is 18.2 Å². The highest BCUT2D eigenvalue weighted by Gasteiger charge is 2.01. The van der Waals surface area contributed by atoms with Crippen LogP contribution in [0.5, 0.6) is 0 Å². The van der Waals surface area contributed by atoms with Gasteiger partial charge in [0.2, 0.25) is 5.95 Å². The molecule has 4 N–H and O–H groups in total. The number of hydrogen-bond acceptors (Lipinski definition) is 4. The van der Waals surface area contributed by atoms with Crippen molar-refractivity contribution in [2.45, 2.75) is 34.6 Å². The van der Waals surface area contributed by atoms with E-state index in [2.05, 4.69) is 9.97 Å². The lowest BCUT2D eigenvalue weighted by molar-refractivity contribution is 1.24. The van der Waals surface area contributed by atoms with E-state index in [1.54, 1.807) is 0 Å². The molecule has 0 unspecified atom stereocenters. The number of anilines is 2. The summed E-state index contributed by atoms with van der Waals surface area (Å²) in [5.41, 5.74) is 13.1. The molecule has 94 valence electrons. The number of nitrogens with zero attached hydrogens (tertiary/aromatic N) is 2. The van der Waals surface area contributed by atoms with Crippen molar-refractivity contribution in [3.63, 3.8) is 0 Å². The van der Waals surface area contributed by atoms with Gasteiger partial charge in [-0.3, -0.25) is 0 Å². The van der Waals surface area contributed by atoms with Gasteiger partial charge in [-0.25, -0.2) is 4.98 Å². The topological polar surface area (TPSA) is 77.8 Å². The summed E-state index contributed by atoms with van der Waals surface area (Å²) in [5, 5.41) is 0.847. The van der Waals surface area contributed by atoms with Gasteiger partial charge in [0, 0.05) is 5.39 Å². The normalized spacial score (nSPS) is 8.76. The molecule has 1 aromatic carbocycles. The van der Waals surface area contributed by atoms with Gasteiger partial charge in [0.25, 0.3) is 0 Å². The molecule has 0 radical (unpaired) electrons. The maximum Gasteiger partial charge on any atom is 0.222 e. The summed E-state index contributed by atoms with van der Waals surface area (Å²) in [6.07, 6.45) is 0. The Morgan fingerprint density at radius 1 is 0.941 bits per heavy atom. The molecule has 0 atom stereocenters. The van der Waals surface area contributed by atoms with Crippen LogP contribution in [0.2, 0.25) is 0 Å². The van der Waals surface area contributed by atoms with Crippen LogP contribution in [-0.4, -0.2) is 9.97 Å². The van der Waals surface area contributed by atoms with E-state index < -0.39 is 0 Å². The number of aromatic nitrogens is 2. The van der Waals surface area contributed by atoms with Crippen LogP contribution in [0.25, 0.3) is 10.9 Å². The van der Waals surface area contributed by atoms with Crippen LogP contribution in [0, 0.1) is 6.92 Å². The highest BCUT2D eigenvalue weighted by atomic mass is 15.0. The number of rotatable bonds is 0. The molecule has 0 fully saturated rings. The highest BCUT2D eigenvalue weighted by molar-refractivity contribution is 5.89. The van der Waals surface area contributed by atoms with E-state index >= 15 is 0 Å². The molecule has 0 spiro atoms. The fourth-order valence-electron chi connectivity index (χ4n) is 1.28. The van der Waals surface area contributed by atoms with E-state index in [4.69, 9.17) is 11.5 Å². The van der Waals surface area contributed by atoms with E-state index in [9.17, 15) is 0 Å². The molecular weight excluding hydrogens is 212 g/mol. The van der Waals surface area contributed by atoms with Gasteiger partial charge < -0.3 is 11.5 Å². The quantitative estimate of drug-likeness (QED) is 0.734. The summed E-state index contributed by atoms with van der Waals surface area (Å²) in [7, 11) is 0. The minimum atomic E-state index is 0.218. The van der Waals surface area contributed by atoms with Crippen molar-refractivity contribution in [1.82, 2.24) is 9.97 Å².